The predicted octanol–water partition coefficient (Wildman–Crippen LogP) is 4.65. The van der Waals surface area contributed by atoms with Crippen LogP contribution in [0, 0.1) is 0 Å². The van der Waals surface area contributed by atoms with Crippen molar-refractivity contribution in [3.63, 3.8) is 0 Å². The SMILES string of the molecule is [N-]=[N+]=Nc1ccc(C(=O)O)cc1.[N-]=[N+]=Nc1ccc(C(=O)O)cc1. The molecule has 0 aliphatic heterocycles. The third kappa shape index (κ3) is 5.78. The van der Waals surface area contributed by atoms with E-state index in [0.29, 0.717) is 11.4 Å². The summed E-state index contributed by atoms with van der Waals surface area (Å²) in [5, 5.41) is 23.6. The lowest BCUT2D eigenvalue weighted by Gasteiger charge is -1.92. The van der Waals surface area contributed by atoms with Crippen molar-refractivity contribution >= 4 is 23.3 Å². The second-order valence-electron chi connectivity index (χ2n) is 4.08. The van der Waals surface area contributed by atoms with E-state index in [1.165, 1.54) is 48.5 Å². The van der Waals surface area contributed by atoms with Gasteiger partial charge in [0.15, 0.2) is 0 Å². The zero-order valence-electron chi connectivity index (χ0n) is 12.0. The van der Waals surface area contributed by atoms with Crippen molar-refractivity contribution in [2.45, 2.75) is 0 Å². The summed E-state index contributed by atoms with van der Waals surface area (Å²) in [6.45, 7) is 0. The maximum Gasteiger partial charge on any atom is 0.335 e. The summed E-state index contributed by atoms with van der Waals surface area (Å²) < 4.78 is 0. The van der Waals surface area contributed by atoms with Gasteiger partial charge < -0.3 is 10.2 Å². The van der Waals surface area contributed by atoms with Gasteiger partial charge in [-0.25, -0.2) is 9.59 Å². The first-order chi connectivity index (χ1) is 11.5. The van der Waals surface area contributed by atoms with Gasteiger partial charge in [-0.2, -0.15) is 0 Å². The largest absolute Gasteiger partial charge is 0.478 e. The molecule has 0 aromatic heterocycles. The lowest BCUT2D eigenvalue weighted by atomic mass is 10.2. The van der Waals surface area contributed by atoms with Gasteiger partial charge in [-0.1, -0.05) is 34.5 Å². The Morgan fingerprint density at radius 3 is 1.21 bits per heavy atom. The molecule has 0 heterocycles. The van der Waals surface area contributed by atoms with E-state index in [4.69, 9.17) is 21.3 Å². The number of carboxylic acid groups (broad SMARTS) is 2. The number of azide groups is 2. The number of aromatic carboxylic acids is 2. The monoisotopic (exact) mass is 326 g/mol. The summed E-state index contributed by atoms with van der Waals surface area (Å²) in [4.78, 5) is 25.8. The van der Waals surface area contributed by atoms with Gasteiger partial charge >= 0.3 is 11.9 Å². The third-order valence-corrected chi connectivity index (χ3v) is 2.55. The Labute approximate surface area is 134 Å². The quantitative estimate of drug-likeness (QED) is 0.473. The van der Waals surface area contributed by atoms with E-state index in [1.807, 2.05) is 0 Å². The molecule has 0 amide bonds. The van der Waals surface area contributed by atoms with E-state index in [-0.39, 0.29) is 11.1 Å². The Bertz CT molecular complexity index is 706. The van der Waals surface area contributed by atoms with E-state index in [0.717, 1.165) is 0 Å². The van der Waals surface area contributed by atoms with Gasteiger partial charge in [0.05, 0.1) is 11.1 Å². The number of hydrogen-bond donors (Lipinski definition) is 2. The fourth-order valence-corrected chi connectivity index (χ4v) is 1.44. The molecule has 10 nitrogen and oxygen atoms in total. The van der Waals surface area contributed by atoms with E-state index < -0.39 is 11.9 Å². The van der Waals surface area contributed by atoms with Gasteiger partial charge in [0.1, 0.15) is 0 Å². The molecule has 2 aromatic carbocycles. The highest BCUT2D eigenvalue weighted by molar-refractivity contribution is 5.88. The molecule has 10 heteroatoms. The topological polar surface area (TPSA) is 172 Å². The summed E-state index contributed by atoms with van der Waals surface area (Å²) in [6, 6.07) is 11.3. The van der Waals surface area contributed by atoms with Gasteiger partial charge in [0.25, 0.3) is 0 Å². The Hall–Kier alpha value is -4.00. The second kappa shape index (κ2) is 9.11. The van der Waals surface area contributed by atoms with Crippen molar-refractivity contribution in [3.05, 3.63) is 80.5 Å². The summed E-state index contributed by atoms with van der Waals surface area (Å²) in [6.07, 6.45) is 0. The molecular formula is C14H10N6O4. The van der Waals surface area contributed by atoms with Crippen LogP contribution in [0.15, 0.2) is 58.8 Å². The minimum Gasteiger partial charge on any atom is -0.478 e. The Kier molecular flexibility index (Phi) is 6.85. The summed E-state index contributed by atoms with van der Waals surface area (Å²) in [7, 11) is 0. The highest BCUT2D eigenvalue weighted by Gasteiger charge is 2.00. The van der Waals surface area contributed by atoms with Crippen LogP contribution in [0.2, 0.25) is 0 Å². The van der Waals surface area contributed by atoms with Gasteiger partial charge in [-0.15, -0.1) is 0 Å². The van der Waals surface area contributed by atoms with Crippen molar-refractivity contribution in [3.8, 4) is 0 Å². The highest BCUT2D eigenvalue weighted by Crippen LogP contribution is 2.13. The average molecular weight is 326 g/mol. The Morgan fingerprint density at radius 2 is 1.00 bits per heavy atom. The lowest BCUT2D eigenvalue weighted by molar-refractivity contribution is 0.0686. The van der Waals surface area contributed by atoms with Crippen LogP contribution in [0.4, 0.5) is 11.4 Å². The molecule has 2 N–H and O–H groups in total. The summed E-state index contributed by atoms with van der Waals surface area (Å²) in [5.41, 5.74) is 17.2. The standard InChI is InChI=1S/2C7H5N3O2/c2*8-10-9-6-3-1-5(2-4-6)7(11)12/h2*1-4H,(H,11,12). The molecule has 0 bridgehead atoms. The minimum absolute atomic E-state index is 0.173. The van der Waals surface area contributed by atoms with Crippen LogP contribution in [0.5, 0.6) is 0 Å². The Morgan fingerprint density at radius 1 is 0.708 bits per heavy atom. The summed E-state index contributed by atoms with van der Waals surface area (Å²) in [5.74, 6) is -2.00. The first-order valence-electron chi connectivity index (χ1n) is 6.25. The van der Waals surface area contributed by atoms with E-state index >= 15 is 0 Å². The van der Waals surface area contributed by atoms with Crippen LogP contribution >= 0.6 is 0 Å². The molecule has 0 saturated carbocycles. The molecule has 0 aliphatic carbocycles. The first kappa shape index (κ1) is 18.1. The molecule has 0 unspecified atom stereocenters. The van der Waals surface area contributed by atoms with Crippen molar-refractivity contribution in [2.24, 2.45) is 10.2 Å². The zero-order chi connectivity index (χ0) is 17.9. The van der Waals surface area contributed by atoms with Crippen molar-refractivity contribution in [1.82, 2.24) is 0 Å². The second-order valence-corrected chi connectivity index (χ2v) is 4.08. The van der Waals surface area contributed by atoms with Crippen LogP contribution in [0.1, 0.15) is 20.7 Å². The average Bonchev–Trinajstić information content (AvgIpc) is 2.57. The molecule has 2 aromatic rings. The molecule has 24 heavy (non-hydrogen) atoms. The fraction of sp³-hybridized carbons (Fsp3) is 0. The molecule has 2 rings (SSSR count). The van der Waals surface area contributed by atoms with Crippen molar-refractivity contribution in [2.75, 3.05) is 0 Å². The normalized spacial score (nSPS) is 8.67. The number of carboxylic acids is 2. The molecule has 0 aliphatic rings. The number of benzene rings is 2. The molecule has 0 fully saturated rings. The first-order valence-corrected chi connectivity index (χ1v) is 6.25. The fourth-order valence-electron chi connectivity index (χ4n) is 1.44. The zero-order valence-corrected chi connectivity index (χ0v) is 12.0. The number of carbonyl (C=O) groups is 2. The number of hydrogen-bond acceptors (Lipinski definition) is 4. The van der Waals surface area contributed by atoms with Crippen molar-refractivity contribution in [1.29, 1.82) is 0 Å². The molecule has 0 radical (unpaired) electrons. The number of nitrogens with zero attached hydrogens (tertiary/aromatic N) is 6. The van der Waals surface area contributed by atoms with Crippen LogP contribution in [-0.2, 0) is 0 Å². The number of rotatable bonds is 4. The molecule has 0 spiro atoms. The van der Waals surface area contributed by atoms with E-state index in [2.05, 4.69) is 20.1 Å². The summed E-state index contributed by atoms with van der Waals surface area (Å²) >= 11 is 0. The van der Waals surface area contributed by atoms with Crippen LogP contribution < -0.4 is 0 Å². The van der Waals surface area contributed by atoms with Crippen LogP contribution in [0.3, 0.4) is 0 Å². The lowest BCUT2D eigenvalue weighted by Crippen LogP contribution is -1.93. The molecule has 0 saturated heterocycles. The molecule has 120 valence electrons. The van der Waals surface area contributed by atoms with Gasteiger partial charge in [-0.3, -0.25) is 0 Å². The Balaban J connectivity index is 0.000000240. The van der Waals surface area contributed by atoms with Gasteiger partial charge in [0, 0.05) is 21.2 Å². The predicted molar refractivity (Wildman–Crippen MR) is 84.4 cm³/mol. The van der Waals surface area contributed by atoms with Gasteiger partial charge in [0.2, 0.25) is 0 Å². The highest BCUT2D eigenvalue weighted by atomic mass is 16.4. The third-order valence-electron chi connectivity index (χ3n) is 2.55. The molecular weight excluding hydrogens is 316 g/mol. The molecule has 0 atom stereocenters. The van der Waals surface area contributed by atoms with Crippen LogP contribution in [-0.4, -0.2) is 22.2 Å². The smallest absolute Gasteiger partial charge is 0.335 e. The van der Waals surface area contributed by atoms with E-state index in [9.17, 15) is 9.59 Å². The maximum absolute atomic E-state index is 10.4. The van der Waals surface area contributed by atoms with Crippen LogP contribution in [0.25, 0.3) is 20.9 Å². The van der Waals surface area contributed by atoms with Crippen molar-refractivity contribution < 1.29 is 19.8 Å². The van der Waals surface area contributed by atoms with Gasteiger partial charge in [-0.05, 0) is 35.3 Å². The maximum atomic E-state index is 10.4. The van der Waals surface area contributed by atoms with E-state index in [1.54, 1.807) is 0 Å². The minimum atomic E-state index is -0.998.